The normalized spacial score (nSPS) is 14.3. The molecule has 0 aromatic heterocycles. The van der Waals surface area contributed by atoms with Gasteiger partial charge in [0.1, 0.15) is 0 Å². The Labute approximate surface area is 138 Å². The van der Waals surface area contributed by atoms with Crippen LogP contribution in [0, 0.1) is 0 Å². The molecule has 130 valence electrons. The summed E-state index contributed by atoms with van der Waals surface area (Å²) in [6.45, 7) is 7.68. The maximum Gasteiger partial charge on any atom is 0.337 e. The van der Waals surface area contributed by atoms with Crippen molar-refractivity contribution in [3.05, 3.63) is 23.8 Å². The van der Waals surface area contributed by atoms with Gasteiger partial charge < -0.3 is 10.4 Å². The highest BCUT2D eigenvalue weighted by atomic mass is 32.2. The molecule has 0 aliphatic rings. The molecule has 23 heavy (non-hydrogen) atoms. The summed E-state index contributed by atoms with van der Waals surface area (Å²) in [5.41, 5.74) is 0.378. The third kappa shape index (κ3) is 5.51. The molecular formula is C16H26N2O4S. The Morgan fingerprint density at radius 2 is 1.87 bits per heavy atom. The summed E-state index contributed by atoms with van der Waals surface area (Å²) in [4.78, 5) is 11.4. The molecular weight excluding hydrogens is 316 g/mol. The fourth-order valence-electron chi connectivity index (χ4n) is 2.19. The number of carbonyl (C=O) groups is 1. The number of anilines is 1. The smallest absolute Gasteiger partial charge is 0.337 e. The number of rotatable bonds is 9. The maximum atomic E-state index is 12.4. The van der Waals surface area contributed by atoms with Crippen LogP contribution in [0.5, 0.6) is 0 Å². The Bertz CT molecular complexity index is 643. The number of nitrogens with one attached hydrogen (secondary N) is 2. The zero-order chi connectivity index (χ0) is 17.6. The van der Waals surface area contributed by atoms with Gasteiger partial charge in [0.15, 0.2) is 0 Å². The first-order valence-corrected chi connectivity index (χ1v) is 9.35. The van der Waals surface area contributed by atoms with E-state index in [2.05, 4.69) is 10.0 Å². The average molecular weight is 342 g/mol. The van der Waals surface area contributed by atoms with Crippen molar-refractivity contribution in [2.45, 2.75) is 63.9 Å². The molecule has 0 saturated heterocycles. The van der Waals surface area contributed by atoms with Crippen molar-refractivity contribution in [3.63, 3.8) is 0 Å². The maximum absolute atomic E-state index is 12.4. The molecule has 0 bridgehead atoms. The van der Waals surface area contributed by atoms with E-state index < -0.39 is 16.0 Å². The van der Waals surface area contributed by atoms with Crippen LogP contribution in [0.2, 0.25) is 0 Å². The van der Waals surface area contributed by atoms with E-state index in [-0.39, 0.29) is 22.5 Å². The van der Waals surface area contributed by atoms with Gasteiger partial charge in [0.2, 0.25) is 10.0 Å². The molecule has 0 saturated carbocycles. The van der Waals surface area contributed by atoms with Crippen molar-refractivity contribution >= 4 is 21.7 Å². The second kappa shape index (κ2) is 8.31. The molecule has 6 nitrogen and oxygen atoms in total. The van der Waals surface area contributed by atoms with E-state index in [4.69, 9.17) is 0 Å². The van der Waals surface area contributed by atoms with Crippen molar-refractivity contribution in [1.29, 1.82) is 0 Å². The lowest BCUT2D eigenvalue weighted by Crippen LogP contribution is -2.32. The molecule has 0 radical (unpaired) electrons. The lowest BCUT2D eigenvalue weighted by molar-refractivity contribution is 0.0697. The van der Waals surface area contributed by atoms with Crippen molar-refractivity contribution in [2.75, 3.05) is 5.32 Å². The van der Waals surface area contributed by atoms with E-state index in [1.807, 2.05) is 20.8 Å². The zero-order valence-corrected chi connectivity index (χ0v) is 14.9. The van der Waals surface area contributed by atoms with Gasteiger partial charge in [-0.05, 0) is 44.9 Å². The summed E-state index contributed by atoms with van der Waals surface area (Å²) in [6, 6.07) is 4.04. The lowest BCUT2D eigenvalue weighted by Gasteiger charge is -2.17. The van der Waals surface area contributed by atoms with Gasteiger partial charge in [-0.3, -0.25) is 0 Å². The van der Waals surface area contributed by atoms with E-state index in [0.29, 0.717) is 5.69 Å². The van der Waals surface area contributed by atoms with Gasteiger partial charge in [0.25, 0.3) is 0 Å². The molecule has 0 aliphatic heterocycles. The first-order valence-electron chi connectivity index (χ1n) is 7.87. The Morgan fingerprint density at radius 1 is 1.22 bits per heavy atom. The van der Waals surface area contributed by atoms with E-state index in [1.165, 1.54) is 18.2 Å². The third-order valence-electron chi connectivity index (χ3n) is 3.62. The highest BCUT2D eigenvalue weighted by molar-refractivity contribution is 7.89. The van der Waals surface area contributed by atoms with Crippen LogP contribution in [0.15, 0.2) is 23.1 Å². The van der Waals surface area contributed by atoms with Crippen LogP contribution in [-0.2, 0) is 10.0 Å². The van der Waals surface area contributed by atoms with Crippen LogP contribution in [0.1, 0.15) is 57.3 Å². The summed E-state index contributed by atoms with van der Waals surface area (Å²) in [6.07, 6.45) is 2.41. The summed E-state index contributed by atoms with van der Waals surface area (Å²) < 4.78 is 27.3. The van der Waals surface area contributed by atoms with Crippen LogP contribution in [-0.4, -0.2) is 31.6 Å². The van der Waals surface area contributed by atoms with Crippen LogP contribution in [0.4, 0.5) is 5.69 Å². The number of carboxylic acid groups (broad SMARTS) is 1. The van der Waals surface area contributed by atoms with Crippen molar-refractivity contribution in [3.8, 4) is 0 Å². The first-order chi connectivity index (χ1) is 10.7. The molecule has 2 unspecified atom stereocenters. The average Bonchev–Trinajstić information content (AvgIpc) is 2.46. The molecule has 0 aliphatic carbocycles. The minimum Gasteiger partial charge on any atom is -0.478 e. The summed E-state index contributed by atoms with van der Waals surface area (Å²) in [7, 11) is -3.73. The fourth-order valence-corrected chi connectivity index (χ4v) is 3.49. The van der Waals surface area contributed by atoms with Gasteiger partial charge in [-0.2, -0.15) is 0 Å². The molecule has 1 rings (SSSR count). The minimum atomic E-state index is -3.73. The predicted molar refractivity (Wildman–Crippen MR) is 91.5 cm³/mol. The van der Waals surface area contributed by atoms with Crippen LogP contribution in [0.3, 0.4) is 0 Å². The van der Waals surface area contributed by atoms with E-state index >= 15 is 0 Å². The standard InChI is InChI=1S/C16H26N2O4S/c1-5-7-12(4)18-23(21,22)13-8-9-15(17-11(3)6-2)14(10-13)16(19)20/h8-12,17-18H,5-7H2,1-4H3,(H,19,20). The van der Waals surface area contributed by atoms with Crippen molar-refractivity contribution < 1.29 is 18.3 Å². The van der Waals surface area contributed by atoms with Gasteiger partial charge in [-0.25, -0.2) is 17.9 Å². The van der Waals surface area contributed by atoms with E-state index in [9.17, 15) is 18.3 Å². The lowest BCUT2D eigenvalue weighted by atomic mass is 10.1. The van der Waals surface area contributed by atoms with Gasteiger partial charge in [0, 0.05) is 17.8 Å². The number of aromatic carboxylic acids is 1. The summed E-state index contributed by atoms with van der Waals surface area (Å²) in [5.74, 6) is -1.16. The highest BCUT2D eigenvalue weighted by Crippen LogP contribution is 2.22. The Kier molecular flexibility index (Phi) is 7.02. The molecule has 1 aromatic carbocycles. The molecule has 7 heteroatoms. The number of hydrogen-bond donors (Lipinski definition) is 3. The monoisotopic (exact) mass is 342 g/mol. The summed E-state index contributed by atoms with van der Waals surface area (Å²) >= 11 is 0. The summed E-state index contributed by atoms with van der Waals surface area (Å²) in [5, 5.41) is 12.4. The molecule has 0 fully saturated rings. The van der Waals surface area contributed by atoms with Gasteiger partial charge in [-0.1, -0.05) is 20.3 Å². The van der Waals surface area contributed by atoms with Crippen LogP contribution >= 0.6 is 0 Å². The molecule has 0 spiro atoms. The Hall–Kier alpha value is -1.60. The zero-order valence-electron chi connectivity index (χ0n) is 14.1. The van der Waals surface area contributed by atoms with Crippen LogP contribution in [0.25, 0.3) is 0 Å². The molecule has 2 atom stereocenters. The number of hydrogen-bond acceptors (Lipinski definition) is 4. The molecule has 3 N–H and O–H groups in total. The largest absolute Gasteiger partial charge is 0.478 e. The SMILES string of the molecule is CCCC(C)NS(=O)(=O)c1ccc(NC(C)CC)c(C(=O)O)c1. The Balaban J connectivity index is 3.14. The first kappa shape index (κ1) is 19.4. The van der Waals surface area contributed by atoms with Gasteiger partial charge in [0.05, 0.1) is 10.5 Å². The minimum absolute atomic E-state index is 0.0347. The van der Waals surface area contributed by atoms with Crippen molar-refractivity contribution in [2.24, 2.45) is 0 Å². The highest BCUT2D eigenvalue weighted by Gasteiger charge is 2.21. The Morgan fingerprint density at radius 3 is 2.39 bits per heavy atom. The second-order valence-electron chi connectivity index (χ2n) is 5.78. The van der Waals surface area contributed by atoms with E-state index in [1.54, 1.807) is 6.92 Å². The number of carboxylic acids is 1. The van der Waals surface area contributed by atoms with Gasteiger partial charge >= 0.3 is 5.97 Å². The quantitative estimate of drug-likeness (QED) is 0.641. The predicted octanol–water partition coefficient (Wildman–Crippen LogP) is 3.06. The van der Waals surface area contributed by atoms with Crippen LogP contribution < -0.4 is 10.0 Å². The van der Waals surface area contributed by atoms with Crippen molar-refractivity contribution in [1.82, 2.24) is 4.72 Å². The fraction of sp³-hybridized carbons (Fsp3) is 0.562. The number of sulfonamides is 1. The molecule has 0 amide bonds. The second-order valence-corrected chi connectivity index (χ2v) is 7.49. The molecule has 0 heterocycles. The van der Waals surface area contributed by atoms with E-state index in [0.717, 1.165) is 19.3 Å². The third-order valence-corrected chi connectivity index (χ3v) is 5.21. The van der Waals surface area contributed by atoms with Gasteiger partial charge in [-0.15, -0.1) is 0 Å². The topological polar surface area (TPSA) is 95.5 Å². The number of benzene rings is 1. The molecule has 1 aromatic rings.